The van der Waals surface area contributed by atoms with E-state index in [2.05, 4.69) is 26.1 Å². The molecule has 0 heterocycles. The summed E-state index contributed by atoms with van der Waals surface area (Å²) in [5.74, 6) is -0.154. The molecule has 0 saturated carbocycles. The molecule has 0 bridgehead atoms. The second kappa shape index (κ2) is 5.70. The molecule has 1 unspecified atom stereocenters. The van der Waals surface area contributed by atoms with Gasteiger partial charge in [0.05, 0.1) is 5.69 Å². The Kier molecular flexibility index (Phi) is 4.74. The number of benzene rings is 1. The number of anilines is 1. The summed E-state index contributed by atoms with van der Waals surface area (Å²) in [6.45, 7) is 8.38. The third-order valence-electron chi connectivity index (χ3n) is 4.04. The van der Waals surface area contributed by atoms with Crippen LogP contribution >= 0.6 is 0 Å². The van der Waals surface area contributed by atoms with Crippen LogP contribution in [0.25, 0.3) is 0 Å². The van der Waals surface area contributed by atoms with Gasteiger partial charge in [-0.25, -0.2) is 4.39 Å². The fraction of sp³-hybridized carbons (Fsp3) is 0.600. The smallest absolute Gasteiger partial charge is 0.146 e. The Bertz CT molecular complexity index is 401. The van der Waals surface area contributed by atoms with Gasteiger partial charge in [-0.1, -0.05) is 13.0 Å². The van der Waals surface area contributed by atoms with E-state index in [-0.39, 0.29) is 17.4 Å². The van der Waals surface area contributed by atoms with Crippen molar-refractivity contribution in [2.45, 2.75) is 45.7 Å². The highest BCUT2D eigenvalue weighted by atomic mass is 19.1. The van der Waals surface area contributed by atoms with Crippen molar-refractivity contribution in [2.75, 3.05) is 19.0 Å². The predicted octanol–water partition coefficient (Wildman–Crippen LogP) is 3.73. The predicted molar refractivity (Wildman–Crippen MR) is 76.6 cm³/mol. The first-order valence-electron chi connectivity index (χ1n) is 6.54. The minimum atomic E-state index is -0.154. The lowest BCUT2D eigenvalue weighted by atomic mass is 9.98. The fourth-order valence-electron chi connectivity index (χ4n) is 1.79. The van der Waals surface area contributed by atoms with E-state index in [0.717, 1.165) is 12.0 Å². The van der Waals surface area contributed by atoms with E-state index >= 15 is 0 Å². The molecule has 1 aromatic rings. The molecule has 0 aromatic heterocycles. The lowest BCUT2D eigenvalue weighted by molar-refractivity contribution is 0.462. The Morgan fingerprint density at radius 1 is 1.39 bits per heavy atom. The van der Waals surface area contributed by atoms with E-state index in [1.54, 1.807) is 6.07 Å². The van der Waals surface area contributed by atoms with Crippen LogP contribution in [0.3, 0.4) is 0 Å². The number of nitrogens with one attached hydrogen (secondary N) is 1. The highest BCUT2D eigenvalue weighted by molar-refractivity contribution is 5.51. The van der Waals surface area contributed by atoms with Crippen molar-refractivity contribution in [1.29, 1.82) is 0 Å². The van der Waals surface area contributed by atoms with Gasteiger partial charge >= 0.3 is 0 Å². The van der Waals surface area contributed by atoms with Gasteiger partial charge in [-0.05, 0) is 51.9 Å². The van der Waals surface area contributed by atoms with Gasteiger partial charge in [-0.3, -0.25) is 0 Å². The fourth-order valence-corrected chi connectivity index (χ4v) is 1.79. The summed E-state index contributed by atoms with van der Waals surface area (Å²) < 4.78 is 14.2. The molecule has 102 valence electrons. The molecule has 0 radical (unpaired) electrons. The number of rotatable bonds is 5. The molecule has 18 heavy (non-hydrogen) atoms. The van der Waals surface area contributed by atoms with Crippen molar-refractivity contribution in [3.05, 3.63) is 29.6 Å². The second-order valence-corrected chi connectivity index (χ2v) is 5.45. The van der Waals surface area contributed by atoms with Gasteiger partial charge in [-0.2, -0.15) is 0 Å². The Hall–Kier alpha value is -1.09. The quantitative estimate of drug-likeness (QED) is 0.859. The zero-order valence-electron chi connectivity index (χ0n) is 12.3. The van der Waals surface area contributed by atoms with Crippen LogP contribution in [0.4, 0.5) is 10.1 Å². The lowest BCUT2D eigenvalue weighted by Gasteiger charge is -2.37. The van der Waals surface area contributed by atoms with E-state index in [1.807, 2.05) is 38.1 Å². The first-order chi connectivity index (χ1) is 8.33. The maximum absolute atomic E-state index is 14.2. The number of halogens is 1. The first kappa shape index (κ1) is 15.0. The molecule has 0 fully saturated rings. The SMILES string of the molecule is CCC(C)(C)N(C)c1ccc(C(C)NC)cc1F. The second-order valence-electron chi connectivity index (χ2n) is 5.45. The monoisotopic (exact) mass is 252 g/mol. The molecule has 0 aliphatic carbocycles. The molecule has 1 aromatic carbocycles. The summed E-state index contributed by atoms with van der Waals surface area (Å²) in [6, 6.07) is 5.65. The summed E-state index contributed by atoms with van der Waals surface area (Å²) in [4.78, 5) is 2.01. The minimum absolute atomic E-state index is 0.0447. The zero-order chi connectivity index (χ0) is 13.9. The number of hydrogen-bond donors (Lipinski definition) is 1. The molecular weight excluding hydrogens is 227 g/mol. The maximum Gasteiger partial charge on any atom is 0.146 e. The normalized spacial score (nSPS) is 13.5. The minimum Gasteiger partial charge on any atom is -0.367 e. The molecule has 1 N–H and O–H groups in total. The third kappa shape index (κ3) is 3.02. The largest absolute Gasteiger partial charge is 0.367 e. The summed E-state index contributed by atoms with van der Waals surface area (Å²) in [7, 11) is 3.83. The molecule has 0 aliphatic heterocycles. The van der Waals surface area contributed by atoms with E-state index in [1.165, 1.54) is 0 Å². The van der Waals surface area contributed by atoms with Crippen LogP contribution in [0.5, 0.6) is 0 Å². The number of nitrogens with zero attached hydrogens (tertiary/aromatic N) is 1. The van der Waals surface area contributed by atoms with Crippen LogP contribution in [-0.2, 0) is 0 Å². The maximum atomic E-state index is 14.2. The van der Waals surface area contributed by atoms with Crippen LogP contribution in [-0.4, -0.2) is 19.6 Å². The lowest BCUT2D eigenvalue weighted by Crippen LogP contribution is -2.41. The van der Waals surface area contributed by atoms with Crippen molar-refractivity contribution in [2.24, 2.45) is 0 Å². The Balaban J connectivity index is 3.06. The zero-order valence-corrected chi connectivity index (χ0v) is 12.3. The van der Waals surface area contributed by atoms with Crippen LogP contribution < -0.4 is 10.2 Å². The number of hydrogen-bond acceptors (Lipinski definition) is 2. The molecule has 1 rings (SSSR count). The van der Waals surface area contributed by atoms with E-state index in [4.69, 9.17) is 0 Å². The van der Waals surface area contributed by atoms with Gasteiger partial charge < -0.3 is 10.2 Å². The van der Waals surface area contributed by atoms with Crippen molar-refractivity contribution in [3.8, 4) is 0 Å². The van der Waals surface area contributed by atoms with Crippen molar-refractivity contribution < 1.29 is 4.39 Å². The topological polar surface area (TPSA) is 15.3 Å². The molecule has 0 saturated heterocycles. The molecule has 3 heteroatoms. The first-order valence-corrected chi connectivity index (χ1v) is 6.54. The van der Waals surface area contributed by atoms with E-state index in [0.29, 0.717) is 5.69 Å². The van der Waals surface area contributed by atoms with Gasteiger partial charge in [0.25, 0.3) is 0 Å². The summed E-state index contributed by atoms with van der Waals surface area (Å²) >= 11 is 0. The highest BCUT2D eigenvalue weighted by Gasteiger charge is 2.23. The van der Waals surface area contributed by atoms with Crippen molar-refractivity contribution in [1.82, 2.24) is 5.32 Å². The Morgan fingerprint density at radius 2 is 2.00 bits per heavy atom. The standard InChI is InChI=1S/C15H25FN2/c1-7-15(3,4)18(6)14-9-8-12(10-13(14)16)11(2)17-5/h8-11,17H,7H2,1-6H3. The van der Waals surface area contributed by atoms with Crippen molar-refractivity contribution in [3.63, 3.8) is 0 Å². The van der Waals surface area contributed by atoms with Crippen LogP contribution in [0.2, 0.25) is 0 Å². The van der Waals surface area contributed by atoms with E-state index in [9.17, 15) is 4.39 Å². The third-order valence-corrected chi connectivity index (χ3v) is 4.04. The molecule has 0 aliphatic rings. The van der Waals surface area contributed by atoms with Gasteiger partial charge in [0, 0.05) is 18.6 Å². The van der Waals surface area contributed by atoms with Gasteiger partial charge in [0.2, 0.25) is 0 Å². The highest BCUT2D eigenvalue weighted by Crippen LogP contribution is 2.28. The molecular formula is C15H25FN2. The average molecular weight is 252 g/mol. The molecule has 0 amide bonds. The van der Waals surface area contributed by atoms with E-state index < -0.39 is 0 Å². The van der Waals surface area contributed by atoms with Crippen LogP contribution in [0.1, 0.15) is 45.7 Å². The summed E-state index contributed by atoms with van der Waals surface area (Å²) in [5.41, 5.74) is 1.59. The Labute approximate surface area is 110 Å². The van der Waals surface area contributed by atoms with Gasteiger partial charge in [0.1, 0.15) is 5.82 Å². The van der Waals surface area contributed by atoms with Gasteiger partial charge in [-0.15, -0.1) is 0 Å². The van der Waals surface area contributed by atoms with Crippen molar-refractivity contribution >= 4 is 5.69 Å². The molecule has 0 spiro atoms. The molecule has 2 nitrogen and oxygen atoms in total. The average Bonchev–Trinajstić information content (AvgIpc) is 2.36. The Morgan fingerprint density at radius 3 is 2.44 bits per heavy atom. The van der Waals surface area contributed by atoms with Crippen LogP contribution in [0.15, 0.2) is 18.2 Å². The molecule has 1 atom stereocenters. The summed E-state index contributed by atoms with van der Waals surface area (Å²) in [6.07, 6.45) is 0.970. The van der Waals surface area contributed by atoms with Gasteiger partial charge in [0.15, 0.2) is 0 Å². The van der Waals surface area contributed by atoms with Crippen LogP contribution in [0, 0.1) is 5.82 Å². The summed E-state index contributed by atoms with van der Waals surface area (Å²) in [5, 5.41) is 3.12.